The minimum absolute atomic E-state index is 0.261. The SMILES string of the molecule is CC(C)=CCC/C(C)=C/C(=O)OCc1ccccc1C. The fraction of sp³-hybridized carbons (Fsp3) is 0.389. The minimum Gasteiger partial charge on any atom is -0.458 e. The molecule has 0 saturated carbocycles. The molecule has 0 aliphatic heterocycles. The number of carbonyl (C=O) groups excluding carboxylic acids is 1. The molecule has 108 valence electrons. The number of allylic oxidation sites excluding steroid dienone is 3. The van der Waals surface area contributed by atoms with Crippen LogP contribution in [-0.4, -0.2) is 5.97 Å². The highest BCUT2D eigenvalue weighted by Gasteiger charge is 2.02. The summed E-state index contributed by atoms with van der Waals surface area (Å²) in [5.74, 6) is -0.261. The number of aryl methyl sites for hydroxylation is 1. The third kappa shape index (κ3) is 6.37. The van der Waals surface area contributed by atoms with Crippen LogP contribution in [0.4, 0.5) is 0 Å². The predicted molar refractivity (Wildman–Crippen MR) is 83.4 cm³/mol. The monoisotopic (exact) mass is 272 g/mol. The van der Waals surface area contributed by atoms with Crippen LogP contribution in [0.1, 0.15) is 44.7 Å². The second-order valence-electron chi connectivity index (χ2n) is 5.35. The van der Waals surface area contributed by atoms with Gasteiger partial charge in [0.2, 0.25) is 0 Å². The van der Waals surface area contributed by atoms with Crippen molar-refractivity contribution < 1.29 is 9.53 Å². The second kappa shape index (κ2) is 8.36. The van der Waals surface area contributed by atoms with E-state index in [0.717, 1.165) is 29.5 Å². The number of ether oxygens (including phenoxy) is 1. The van der Waals surface area contributed by atoms with Gasteiger partial charge in [-0.2, -0.15) is 0 Å². The summed E-state index contributed by atoms with van der Waals surface area (Å²) in [4.78, 5) is 11.7. The van der Waals surface area contributed by atoms with Crippen LogP contribution in [-0.2, 0) is 16.1 Å². The average molecular weight is 272 g/mol. The number of hydrogen-bond acceptors (Lipinski definition) is 2. The topological polar surface area (TPSA) is 26.3 Å². The Hall–Kier alpha value is -1.83. The molecule has 0 heterocycles. The molecule has 0 aliphatic rings. The predicted octanol–water partition coefficient (Wildman–Crippen LogP) is 4.73. The van der Waals surface area contributed by atoms with Gasteiger partial charge in [0.1, 0.15) is 6.61 Å². The van der Waals surface area contributed by atoms with E-state index in [1.54, 1.807) is 6.08 Å². The maximum Gasteiger partial charge on any atom is 0.331 e. The van der Waals surface area contributed by atoms with Crippen LogP contribution < -0.4 is 0 Å². The molecular weight excluding hydrogens is 248 g/mol. The van der Waals surface area contributed by atoms with Gasteiger partial charge in [0.05, 0.1) is 0 Å². The number of carbonyl (C=O) groups is 1. The molecule has 20 heavy (non-hydrogen) atoms. The number of rotatable bonds is 6. The quantitative estimate of drug-likeness (QED) is 0.425. The molecule has 0 saturated heterocycles. The lowest BCUT2D eigenvalue weighted by molar-refractivity contribution is -0.139. The van der Waals surface area contributed by atoms with Gasteiger partial charge in [0, 0.05) is 6.08 Å². The van der Waals surface area contributed by atoms with Crippen LogP contribution in [0.2, 0.25) is 0 Å². The molecular formula is C18H24O2. The molecule has 0 fully saturated rings. The Morgan fingerprint density at radius 3 is 2.55 bits per heavy atom. The molecule has 0 aromatic heterocycles. The van der Waals surface area contributed by atoms with Crippen LogP contribution >= 0.6 is 0 Å². The first-order valence-corrected chi connectivity index (χ1v) is 7.01. The summed E-state index contributed by atoms with van der Waals surface area (Å²) < 4.78 is 5.28. The van der Waals surface area contributed by atoms with Crippen molar-refractivity contribution in [3.05, 3.63) is 58.7 Å². The zero-order valence-electron chi connectivity index (χ0n) is 12.9. The molecule has 1 aromatic carbocycles. The molecule has 0 bridgehead atoms. The van der Waals surface area contributed by atoms with Gasteiger partial charge in [-0.1, -0.05) is 41.5 Å². The molecule has 0 amide bonds. The Morgan fingerprint density at radius 1 is 1.20 bits per heavy atom. The highest BCUT2D eigenvalue weighted by molar-refractivity contribution is 5.82. The van der Waals surface area contributed by atoms with Gasteiger partial charge in [-0.15, -0.1) is 0 Å². The zero-order valence-corrected chi connectivity index (χ0v) is 12.9. The van der Waals surface area contributed by atoms with Crippen molar-refractivity contribution in [1.29, 1.82) is 0 Å². The lowest BCUT2D eigenvalue weighted by Gasteiger charge is -2.06. The lowest BCUT2D eigenvalue weighted by Crippen LogP contribution is -2.03. The Balaban J connectivity index is 2.43. The summed E-state index contributed by atoms with van der Waals surface area (Å²) in [5.41, 5.74) is 4.55. The first-order valence-electron chi connectivity index (χ1n) is 7.01. The molecule has 1 aromatic rings. The van der Waals surface area contributed by atoms with Crippen molar-refractivity contribution in [2.75, 3.05) is 0 Å². The average Bonchev–Trinajstić information content (AvgIpc) is 2.37. The van der Waals surface area contributed by atoms with E-state index in [9.17, 15) is 4.79 Å². The molecule has 2 nitrogen and oxygen atoms in total. The van der Waals surface area contributed by atoms with Gasteiger partial charge >= 0.3 is 5.97 Å². The van der Waals surface area contributed by atoms with Crippen molar-refractivity contribution >= 4 is 5.97 Å². The molecule has 0 radical (unpaired) electrons. The lowest BCUT2D eigenvalue weighted by atomic mass is 10.1. The van der Waals surface area contributed by atoms with Crippen LogP contribution in [0.15, 0.2) is 47.6 Å². The number of hydrogen-bond donors (Lipinski definition) is 0. The second-order valence-corrected chi connectivity index (χ2v) is 5.35. The zero-order chi connectivity index (χ0) is 15.0. The molecule has 0 atom stereocenters. The summed E-state index contributed by atoms with van der Waals surface area (Å²) in [6.45, 7) is 8.48. The Labute approximate surface area is 122 Å². The van der Waals surface area contributed by atoms with Gasteiger partial charge < -0.3 is 4.74 Å². The highest BCUT2D eigenvalue weighted by Crippen LogP contribution is 2.10. The van der Waals surface area contributed by atoms with Crippen molar-refractivity contribution in [3.8, 4) is 0 Å². The van der Waals surface area contributed by atoms with E-state index in [1.165, 1.54) is 5.57 Å². The van der Waals surface area contributed by atoms with E-state index in [4.69, 9.17) is 4.74 Å². The van der Waals surface area contributed by atoms with Crippen molar-refractivity contribution in [1.82, 2.24) is 0 Å². The summed E-state index contributed by atoms with van der Waals surface area (Å²) >= 11 is 0. The molecule has 0 N–H and O–H groups in total. The maximum atomic E-state index is 11.7. The van der Waals surface area contributed by atoms with Crippen molar-refractivity contribution in [2.45, 2.75) is 47.1 Å². The molecule has 2 heteroatoms. The van der Waals surface area contributed by atoms with Crippen LogP contribution in [0.5, 0.6) is 0 Å². The highest BCUT2D eigenvalue weighted by atomic mass is 16.5. The van der Waals surface area contributed by atoms with E-state index in [1.807, 2.05) is 38.1 Å². The fourth-order valence-electron chi connectivity index (χ4n) is 1.82. The van der Waals surface area contributed by atoms with Gasteiger partial charge in [0.25, 0.3) is 0 Å². The van der Waals surface area contributed by atoms with Crippen LogP contribution in [0.25, 0.3) is 0 Å². The molecule has 0 aliphatic carbocycles. The summed E-state index contributed by atoms with van der Waals surface area (Å²) in [7, 11) is 0. The summed E-state index contributed by atoms with van der Waals surface area (Å²) in [6.07, 6.45) is 5.63. The van der Waals surface area contributed by atoms with E-state index >= 15 is 0 Å². The van der Waals surface area contributed by atoms with Crippen molar-refractivity contribution in [3.63, 3.8) is 0 Å². The molecule has 0 unspecified atom stereocenters. The van der Waals surface area contributed by atoms with Crippen LogP contribution in [0.3, 0.4) is 0 Å². The summed E-state index contributed by atoms with van der Waals surface area (Å²) in [5, 5.41) is 0. The largest absolute Gasteiger partial charge is 0.458 e. The number of benzene rings is 1. The van der Waals surface area contributed by atoms with Gasteiger partial charge in [-0.05, 0) is 51.7 Å². The van der Waals surface area contributed by atoms with Gasteiger partial charge in [0.15, 0.2) is 0 Å². The molecule has 0 spiro atoms. The van der Waals surface area contributed by atoms with Gasteiger partial charge in [-0.25, -0.2) is 4.79 Å². The third-order valence-corrected chi connectivity index (χ3v) is 3.09. The maximum absolute atomic E-state index is 11.7. The summed E-state index contributed by atoms with van der Waals surface area (Å²) in [6, 6.07) is 7.93. The van der Waals surface area contributed by atoms with E-state index in [0.29, 0.717) is 6.61 Å². The Bertz CT molecular complexity index is 506. The van der Waals surface area contributed by atoms with E-state index in [2.05, 4.69) is 19.9 Å². The standard InChI is InChI=1S/C18H24O2/c1-14(2)8-7-9-15(3)12-18(19)20-13-17-11-6-5-10-16(17)4/h5-6,8,10-12H,7,9,13H2,1-4H3/b15-12+. The normalized spacial score (nSPS) is 11.1. The van der Waals surface area contributed by atoms with Gasteiger partial charge in [-0.3, -0.25) is 0 Å². The van der Waals surface area contributed by atoms with Crippen molar-refractivity contribution in [2.24, 2.45) is 0 Å². The smallest absolute Gasteiger partial charge is 0.331 e. The Morgan fingerprint density at radius 2 is 1.90 bits per heavy atom. The van der Waals surface area contributed by atoms with E-state index in [-0.39, 0.29) is 5.97 Å². The van der Waals surface area contributed by atoms with E-state index < -0.39 is 0 Å². The third-order valence-electron chi connectivity index (χ3n) is 3.09. The Kier molecular flexibility index (Phi) is 6.78. The van der Waals surface area contributed by atoms with Crippen LogP contribution in [0, 0.1) is 6.92 Å². The number of esters is 1. The first-order chi connectivity index (χ1) is 9.49. The molecule has 1 rings (SSSR count). The minimum atomic E-state index is -0.261. The first kappa shape index (κ1) is 16.2. The fourth-order valence-corrected chi connectivity index (χ4v) is 1.82.